The number of thiocarbonyl (C=S) groups is 1. The van der Waals surface area contributed by atoms with E-state index in [-0.39, 0.29) is 0 Å². The first-order valence-corrected chi connectivity index (χ1v) is 5.39. The molecule has 0 spiro atoms. The van der Waals surface area contributed by atoms with E-state index >= 15 is 0 Å². The summed E-state index contributed by atoms with van der Waals surface area (Å²) in [5.41, 5.74) is 4.74. The molecule has 2 N–H and O–H groups in total. The van der Waals surface area contributed by atoms with E-state index in [4.69, 9.17) is 12.2 Å². The van der Waals surface area contributed by atoms with Crippen LogP contribution in [0.4, 0.5) is 0 Å². The van der Waals surface area contributed by atoms with E-state index in [0.29, 0.717) is 11.7 Å². The third-order valence-electron chi connectivity index (χ3n) is 1.92. The summed E-state index contributed by atoms with van der Waals surface area (Å²) < 4.78 is 0. The highest BCUT2D eigenvalue weighted by Gasteiger charge is 1.95. The molecule has 1 aromatic carbocycles. The van der Waals surface area contributed by atoms with Gasteiger partial charge in [-0.05, 0) is 24.7 Å². The molecule has 0 heterocycles. The molecule has 84 valence electrons. The SMILES string of the molecule is C=CCNC(=S)N/N=C(\C)c1ccccc1. The average molecular weight is 233 g/mol. The molecule has 0 fully saturated rings. The molecular weight excluding hydrogens is 218 g/mol. The Hall–Kier alpha value is -1.68. The lowest BCUT2D eigenvalue weighted by atomic mass is 10.1. The van der Waals surface area contributed by atoms with Crippen LogP contribution >= 0.6 is 12.2 Å². The van der Waals surface area contributed by atoms with Gasteiger partial charge in [-0.3, -0.25) is 5.43 Å². The molecule has 0 radical (unpaired) electrons. The number of hydrazone groups is 1. The largest absolute Gasteiger partial charge is 0.358 e. The summed E-state index contributed by atoms with van der Waals surface area (Å²) in [6.45, 7) is 6.15. The first-order valence-electron chi connectivity index (χ1n) is 4.98. The molecule has 16 heavy (non-hydrogen) atoms. The van der Waals surface area contributed by atoms with Gasteiger partial charge in [0.15, 0.2) is 5.11 Å². The van der Waals surface area contributed by atoms with Gasteiger partial charge in [-0.2, -0.15) is 5.10 Å². The Morgan fingerprint density at radius 3 is 2.75 bits per heavy atom. The van der Waals surface area contributed by atoms with Crippen molar-refractivity contribution in [2.75, 3.05) is 6.54 Å². The van der Waals surface area contributed by atoms with Crippen molar-refractivity contribution in [3.8, 4) is 0 Å². The van der Waals surface area contributed by atoms with Gasteiger partial charge in [0, 0.05) is 6.54 Å². The van der Waals surface area contributed by atoms with E-state index in [1.165, 1.54) is 0 Å². The Balaban J connectivity index is 2.51. The van der Waals surface area contributed by atoms with Gasteiger partial charge in [-0.25, -0.2) is 0 Å². The number of rotatable bonds is 4. The number of hydrogen-bond donors (Lipinski definition) is 2. The van der Waals surface area contributed by atoms with Crippen molar-refractivity contribution in [3.63, 3.8) is 0 Å². The summed E-state index contributed by atoms with van der Waals surface area (Å²) in [5.74, 6) is 0. The highest BCUT2D eigenvalue weighted by molar-refractivity contribution is 7.80. The van der Waals surface area contributed by atoms with Crippen molar-refractivity contribution < 1.29 is 0 Å². The highest BCUT2D eigenvalue weighted by Crippen LogP contribution is 1.99. The molecule has 1 aromatic rings. The summed E-state index contributed by atoms with van der Waals surface area (Å²) in [4.78, 5) is 0. The topological polar surface area (TPSA) is 36.4 Å². The second-order valence-corrected chi connectivity index (χ2v) is 3.58. The molecule has 0 amide bonds. The van der Waals surface area contributed by atoms with Crippen LogP contribution < -0.4 is 10.7 Å². The number of nitrogens with zero attached hydrogens (tertiary/aromatic N) is 1. The normalized spacial score (nSPS) is 10.7. The molecule has 0 aliphatic carbocycles. The fraction of sp³-hybridized carbons (Fsp3) is 0.167. The smallest absolute Gasteiger partial charge is 0.187 e. The Bertz CT molecular complexity index is 385. The van der Waals surface area contributed by atoms with E-state index in [9.17, 15) is 0 Å². The lowest BCUT2D eigenvalue weighted by Gasteiger charge is -2.05. The number of benzene rings is 1. The van der Waals surface area contributed by atoms with Crippen molar-refractivity contribution in [1.29, 1.82) is 0 Å². The molecule has 0 atom stereocenters. The zero-order chi connectivity index (χ0) is 11.8. The second kappa shape index (κ2) is 6.74. The van der Waals surface area contributed by atoms with Gasteiger partial charge in [0.05, 0.1) is 5.71 Å². The fourth-order valence-corrected chi connectivity index (χ4v) is 1.21. The van der Waals surface area contributed by atoms with Gasteiger partial charge in [-0.1, -0.05) is 36.4 Å². The van der Waals surface area contributed by atoms with Gasteiger partial charge in [0.2, 0.25) is 0 Å². The van der Waals surface area contributed by atoms with Crippen molar-refractivity contribution >= 4 is 23.0 Å². The zero-order valence-corrected chi connectivity index (χ0v) is 10.1. The Morgan fingerprint density at radius 1 is 1.44 bits per heavy atom. The quantitative estimate of drug-likeness (QED) is 0.362. The average Bonchev–Trinajstić information content (AvgIpc) is 2.34. The van der Waals surface area contributed by atoms with E-state index < -0.39 is 0 Å². The monoisotopic (exact) mass is 233 g/mol. The summed E-state index contributed by atoms with van der Waals surface area (Å²) >= 11 is 5.01. The Kier molecular flexibility index (Phi) is 5.22. The summed E-state index contributed by atoms with van der Waals surface area (Å²) in [7, 11) is 0. The second-order valence-electron chi connectivity index (χ2n) is 3.17. The predicted molar refractivity (Wildman–Crippen MR) is 72.6 cm³/mol. The molecule has 0 aromatic heterocycles. The lowest BCUT2D eigenvalue weighted by molar-refractivity contribution is 0.936. The maximum absolute atomic E-state index is 5.01. The molecule has 0 bridgehead atoms. The standard InChI is InChI=1S/C12H15N3S/c1-3-9-13-12(16)15-14-10(2)11-7-5-4-6-8-11/h3-8H,1,9H2,2H3,(H2,13,15,16)/b14-10+. The van der Waals surface area contributed by atoms with Gasteiger partial charge in [-0.15, -0.1) is 6.58 Å². The maximum atomic E-state index is 5.01. The number of hydrogen-bond acceptors (Lipinski definition) is 2. The van der Waals surface area contributed by atoms with Crippen molar-refractivity contribution in [1.82, 2.24) is 10.7 Å². The molecule has 0 saturated heterocycles. The van der Waals surface area contributed by atoms with E-state index in [1.807, 2.05) is 37.3 Å². The summed E-state index contributed by atoms with van der Waals surface area (Å²) in [5, 5.41) is 7.61. The van der Waals surface area contributed by atoms with Gasteiger partial charge < -0.3 is 5.32 Å². The van der Waals surface area contributed by atoms with E-state index in [1.54, 1.807) is 6.08 Å². The summed E-state index contributed by atoms with van der Waals surface area (Å²) in [6, 6.07) is 9.92. The van der Waals surface area contributed by atoms with Crippen LogP contribution in [0.2, 0.25) is 0 Å². The zero-order valence-electron chi connectivity index (χ0n) is 9.23. The van der Waals surface area contributed by atoms with E-state index in [2.05, 4.69) is 22.4 Å². The molecule has 4 heteroatoms. The molecule has 0 aliphatic rings. The predicted octanol–water partition coefficient (Wildman–Crippen LogP) is 2.06. The first-order chi connectivity index (χ1) is 7.74. The molecule has 0 aliphatic heterocycles. The molecule has 0 unspecified atom stereocenters. The highest BCUT2D eigenvalue weighted by atomic mass is 32.1. The minimum absolute atomic E-state index is 0.496. The number of nitrogens with one attached hydrogen (secondary N) is 2. The minimum Gasteiger partial charge on any atom is -0.358 e. The molecular formula is C12H15N3S. The minimum atomic E-state index is 0.496. The molecule has 3 nitrogen and oxygen atoms in total. The van der Waals surface area contributed by atoms with Crippen LogP contribution in [0.25, 0.3) is 0 Å². The van der Waals surface area contributed by atoms with E-state index in [0.717, 1.165) is 11.3 Å². The first kappa shape index (κ1) is 12.4. The summed E-state index contributed by atoms with van der Waals surface area (Å²) in [6.07, 6.45) is 1.74. The molecule has 0 saturated carbocycles. The van der Waals surface area contributed by atoms with Crippen LogP contribution in [0.1, 0.15) is 12.5 Å². The van der Waals surface area contributed by atoms with Crippen molar-refractivity contribution in [2.24, 2.45) is 5.10 Å². The van der Waals surface area contributed by atoms with Crippen molar-refractivity contribution in [2.45, 2.75) is 6.92 Å². The van der Waals surface area contributed by atoms with Crippen LogP contribution in [-0.4, -0.2) is 17.4 Å². The van der Waals surface area contributed by atoms with Gasteiger partial charge in [0.25, 0.3) is 0 Å². The maximum Gasteiger partial charge on any atom is 0.187 e. The van der Waals surface area contributed by atoms with Crippen LogP contribution in [0.15, 0.2) is 48.1 Å². The van der Waals surface area contributed by atoms with Crippen molar-refractivity contribution in [3.05, 3.63) is 48.6 Å². The van der Waals surface area contributed by atoms with Crippen LogP contribution in [0, 0.1) is 0 Å². The van der Waals surface area contributed by atoms with Crippen LogP contribution in [-0.2, 0) is 0 Å². The van der Waals surface area contributed by atoms with Gasteiger partial charge in [0.1, 0.15) is 0 Å². The molecule has 1 rings (SSSR count). The van der Waals surface area contributed by atoms with Crippen LogP contribution in [0.3, 0.4) is 0 Å². The third kappa shape index (κ3) is 4.23. The van der Waals surface area contributed by atoms with Gasteiger partial charge >= 0.3 is 0 Å². The lowest BCUT2D eigenvalue weighted by Crippen LogP contribution is -2.32. The fourth-order valence-electron chi connectivity index (χ4n) is 1.08. The Morgan fingerprint density at radius 2 is 2.12 bits per heavy atom. The van der Waals surface area contributed by atoms with Crippen LogP contribution in [0.5, 0.6) is 0 Å². The third-order valence-corrected chi connectivity index (χ3v) is 2.16. The Labute approximate surface area is 101 Å².